The molecule has 1 aromatic rings. The van der Waals surface area contributed by atoms with Crippen molar-refractivity contribution in [3.8, 4) is 0 Å². The Bertz CT molecular complexity index is 511. The lowest BCUT2D eigenvalue weighted by atomic mass is 10.2. The lowest BCUT2D eigenvalue weighted by Gasteiger charge is -2.01. The van der Waals surface area contributed by atoms with Crippen LogP contribution in [0.25, 0.3) is 6.08 Å². The number of carbonyl (C=O) groups excluding carboxylic acids is 1. The summed E-state index contributed by atoms with van der Waals surface area (Å²) in [5.74, 6) is 0.0694. The summed E-state index contributed by atoms with van der Waals surface area (Å²) < 4.78 is 13.4. The fourth-order valence-electron chi connectivity index (χ4n) is 1.39. The number of nitrogens with zero attached hydrogens (tertiary/aromatic N) is 1. The monoisotopic (exact) mass is 284 g/mol. The number of benzene rings is 1. The molecule has 1 aliphatic heterocycles. The number of nitrogens with one attached hydrogen (secondary N) is 1. The average molecular weight is 285 g/mol. The molecule has 0 aromatic heterocycles. The molecule has 0 saturated carbocycles. The maximum absolute atomic E-state index is 13.4. The molecule has 1 amide bonds. The van der Waals surface area contributed by atoms with Gasteiger partial charge in [0.05, 0.1) is 11.6 Å². The van der Waals surface area contributed by atoms with Gasteiger partial charge in [0, 0.05) is 17.4 Å². The van der Waals surface area contributed by atoms with E-state index in [1.165, 1.54) is 36.0 Å². The SMILES string of the molecule is O=C(C=Cc1c(F)cccc1Cl)NC1=NCCS1. The Morgan fingerprint density at radius 2 is 2.39 bits per heavy atom. The van der Waals surface area contributed by atoms with Gasteiger partial charge in [-0.2, -0.15) is 0 Å². The van der Waals surface area contributed by atoms with Crippen LogP contribution in [0.2, 0.25) is 5.02 Å². The molecule has 1 aliphatic rings. The number of thioether (sulfide) groups is 1. The second-order valence-electron chi connectivity index (χ2n) is 3.49. The van der Waals surface area contributed by atoms with Crippen LogP contribution in [-0.4, -0.2) is 23.4 Å². The topological polar surface area (TPSA) is 41.5 Å². The minimum atomic E-state index is -0.459. The van der Waals surface area contributed by atoms with E-state index in [-0.39, 0.29) is 16.5 Å². The molecule has 0 atom stereocenters. The van der Waals surface area contributed by atoms with Crippen LogP contribution in [0.15, 0.2) is 29.3 Å². The zero-order valence-electron chi connectivity index (χ0n) is 9.32. The van der Waals surface area contributed by atoms with E-state index in [4.69, 9.17) is 11.6 Å². The third-order valence-electron chi connectivity index (χ3n) is 2.22. The summed E-state index contributed by atoms with van der Waals surface area (Å²) in [6, 6.07) is 4.37. The predicted octanol–water partition coefficient (Wildman–Crippen LogP) is 2.71. The van der Waals surface area contributed by atoms with Gasteiger partial charge < -0.3 is 5.32 Å². The lowest BCUT2D eigenvalue weighted by molar-refractivity contribution is -0.115. The van der Waals surface area contributed by atoms with Crippen LogP contribution in [-0.2, 0) is 4.79 Å². The minimum Gasteiger partial charge on any atom is -0.302 e. The molecule has 1 aromatic carbocycles. The molecule has 0 aliphatic carbocycles. The Kier molecular flexibility index (Phi) is 4.38. The van der Waals surface area contributed by atoms with Crippen molar-refractivity contribution in [2.24, 2.45) is 4.99 Å². The number of rotatable bonds is 2. The molecule has 6 heteroatoms. The van der Waals surface area contributed by atoms with E-state index < -0.39 is 5.82 Å². The highest BCUT2D eigenvalue weighted by molar-refractivity contribution is 8.14. The van der Waals surface area contributed by atoms with Gasteiger partial charge in [-0.3, -0.25) is 9.79 Å². The summed E-state index contributed by atoms with van der Waals surface area (Å²) >= 11 is 7.32. The van der Waals surface area contributed by atoms with Gasteiger partial charge in [-0.05, 0) is 18.2 Å². The number of amides is 1. The van der Waals surface area contributed by atoms with E-state index in [1.807, 2.05) is 0 Å². The van der Waals surface area contributed by atoms with E-state index in [9.17, 15) is 9.18 Å². The van der Waals surface area contributed by atoms with Crippen molar-refractivity contribution < 1.29 is 9.18 Å². The number of halogens is 2. The molecule has 0 radical (unpaired) electrons. The highest BCUT2D eigenvalue weighted by atomic mass is 35.5. The molecule has 94 valence electrons. The van der Waals surface area contributed by atoms with E-state index in [0.29, 0.717) is 11.7 Å². The lowest BCUT2D eigenvalue weighted by Crippen LogP contribution is -2.25. The molecule has 1 N–H and O–H groups in total. The summed E-state index contributed by atoms with van der Waals surface area (Å²) in [6.07, 6.45) is 2.60. The van der Waals surface area contributed by atoms with Gasteiger partial charge in [0.15, 0.2) is 5.17 Å². The predicted molar refractivity (Wildman–Crippen MR) is 73.3 cm³/mol. The van der Waals surface area contributed by atoms with Gasteiger partial charge in [0.2, 0.25) is 5.91 Å². The molecule has 0 bridgehead atoms. The summed E-state index contributed by atoms with van der Waals surface area (Å²) in [7, 11) is 0. The number of aliphatic imine (C=N–C) groups is 1. The molecule has 0 fully saturated rings. The zero-order chi connectivity index (χ0) is 13.0. The van der Waals surface area contributed by atoms with Gasteiger partial charge in [0.25, 0.3) is 0 Å². The normalized spacial score (nSPS) is 14.9. The standard InChI is InChI=1S/C12H10ClFN2OS/c13-9-2-1-3-10(14)8(9)4-5-11(17)16-12-15-6-7-18-12/h1-5H,6-7H2,(H,15,16,17). The maximum Gasteiger partial charge on any atom is 0.249 e. The highest BCUT2D eigenvalue weighted by Gasteiger charge is 2.09. The molecule has 0 unspecified atom stereocenters. The number of amidine groups is 1. The van der Waals surface area contributed by atoms with Crippen molar-refractivity contribution in [2.75, 3.05) is 12.3 Å². The molecule has 3 nitrogen and oxygen atoms in total. The summed E-state index contributed by atoms with van der Waals surface area (Å²) in [6.45, 7) is 0.711. The molecular formula is C12H10ClFN2OS. The van der Waals surface area contributed by atoms with Gasteiger partial charge >= 0.3 is 0 Å². The van der Waals surface area contributed by atoms with Crippen molar-refractivity contribution in [1.82, 2.24) is 5.32 Å². The smallest absolute Gasteiger partial charge is 0.249 e. The van der Waals surface area contributed by atoms with Gasteiger partial charge in [-0.25, -0.2) is 4.39 Å². The zero-order valence-corrected chi connectivity index (χ0v) is 10.9. The third kappa shape index (κ3) is 3.34. The molecule has 1 heterocycles. The van der Waals surface area contributed by atoms with Gasteiger partial charge in [-0.15, -0.1) is 0 Å². The summed E-state index contributed by atoms with van der Waals surface area (Å²) in [5.41, 5.74) is 0.204. The van der Waals surface area contributed by atoms with Crippen molar-refractivity contribution >= 4 is 40.5 Å². The first-order valence-corrected chi connectivity index (χ1v) is 6.63. The van der Waals surface area contributed by atoms with Gasteiger partial charge in [0.1, 0.15) is 5.82 Å². The second-order valence-corrected chi connectivity index (χ2v) is 4.98. The minimum absolute atomic E-state index is 0.204. The van der Waals surface area contributed by atoms with E-state index in [0.717, 1.165) is 5.75 Å². The van der Waals surface area contributed by atoms with E-state index in [1.54, 1.807) is 6.07 Å². The van der Waals surface area contributed by atoms with Crippen LogP contribution in [0.5, 0.6) is 0 Å². The third-order valence-corrected chi connectivity index (χ3v) is 3.44. The van der Waals surface area contributed by atoms with Crippen molar-refractivity contribution in [1.29, 1.82) is 0 Å². The molecule has 2 rings (SSSR count). The van der Waals surface area contributed by atoms with Crippen LogP contribution in [0.3, 0.4) is 0 Å². The Labute approximate surface area is 113 Å². The van der Waals surface area contributed by atoms with Crippen molar-refractivity contribution in [2.45, 2.75) is 0 Å². The first-order valence-electron chi connectivity index (χ1n) is 5.27. The second kappa shape index (κ2) is 6.02. The van der Waals surface area contributed by atoms with Crippen molar-refractivity contribution in [3.05, 3.63) is 40.7 Å². The molecular weight excluding hydrogens is 275 g/mol. The Balaban J connectivity index is 2.04. The maximum atomic E-state index is 13.4. The fraction of sp³-hybridized carbons (Fsp3) is 0.167. The van der Waals surface area contributed by atoms with Crippen molar-refractivity contribution in [3.63, 3.8) is 0 Å². The van der Waals surface area contributed by atoms with Crippen LogP contribution < -0.4 is 5.32 Å². The molecule has 0 spiro atoms. The van der Waals surface area contributed by atoms with E-state index in [2.05, 4.69) is 10.3 Å². The number of hydrogen-bond donors (Lipinski definition) is 1. The first-order chi connectivity index (χ1) is 8.66. The van der Waals surface area contributed by atoms with Crippen LogP contribution >= 0.6 is 23.4 Å². The quantitative estimate of drug-likeness (QED) is 0.849. The number of hydrogen-bond acceptors (Lipinski definition) is 3. The van der Waals surface area contributed by atoms with Crippen LogP contribution in [0.1, 0.15) is 5.56 Å². The fourth-order valence-corrected chi connectivity index (χ4v) is 2.34. The average Bonchev–Trinajstić information content (AvgIpc) is 2.81. The van der Waals surface area contributed by atoms with E-state index >= 15 is 0 Å². The molecule has 0 saturated heterocycles. The highest BCUT2D eigenvalue weighted by Crippen LogP contribution is 2.20. The summed E-state index contributed by atoms with van der Waals surface area (Å²) in [5, 5.41) is 3.48. The largest absolute Gasteiger partial charge is 0.302 e. The Hall–Kier alpha value is -1.33. The number of carbonyl (C=O) groups is 1. The Morgan fingerprint density at radius 1 is 1.56 bits per heavy atom. The van der Waals surface area contributed by atoms with Crippen LogP contribution in [0, 0.1) is 5.82 Å². The first kappa shape index (κ1) is 13.1. The summed E-state index contributed by atoms with van der Waals surface area (Å²) in [4.78, 5) is 15.6. The Morgan fingerprint density at radius 3 is 3.06 bits per heavy atom. The van der Waals surface area contributed by atoms with Crippen LogP contribution in [0.4, 0.5) is 4.39 Å². The molecule has 18 heavy (non-hydrogen) atoms. The van der Waals surface area contributed by atoms with Gasteiger partial charge in [-0.1, -0.05) is 29.4 Å².